The molecule has 1 saturated heterocycles. The van der Waals surface area contributed by atoms with Gasteiger partial charge in [-0.05, 0) is 40.2 Å². The van der Waals surface area contributed by atoms with Crippen molar-refractivity contribution in [3.63, 3.8) is 0 Å². The van der Waals surface area contributed by atoms with Crippen LogP contribution in [-0.4, -0.2) is 69.4 Å². The predicted molar refractivity (Wildman–Crippen MR) is 110 cm³/mol. The van der Waals surface area contributed by atoms with Crippen molar-refractivity contribution in [2.45, 2.75) is 76.9 Å². The minimum absolute atomic E-state index is 0.123. The van der Waals surface area contributed by atoms with Crippen molar-refractivity contribution in [2.75, 3.05) is 12.5 Å². The molecule has 1 aliphatic heterocycles. The molecule has 1 fully saturated rings. The van der Waals surface area contributed by atoms with Crippen molar-refractivity contribution in [1.29, 1.82) is 0 Å². The van der Waals surface area contributed by atoms with Crippen LogP contribution in [-0.2, 0) is 20.8 Å². The Hall–Kier alpha value is -1.38. The molecule has 0 aromatic heterocycles. The van der Waals surface area contributed by atoms with Crippen LogP contribution < -0.4 is 0 Å². The lowest BCUT2D eigenvalue weighted by Gasteiger charge is -2.39. The van der Waals surface area contributed by atoms with Crippen molar-refractivity contribution in [3.8, 4) is 0 Å². The van der Waals surface area contributed by atoms with Crippen LogP contribution in [0, 0.1) is 0 Å². The molecule has 0 spiro atoms. The summed E-state index contributed by atoms with van der Waals surface area (Å²) >= 11 is 5.75. The quantitative estimate of drug-likeness (QED) is 0.648. The van der Waals surface area contributed by atoms with Crippen LogP contribution >= 0.6 is 11.6 Å². The zero-order valence-corrected chi connectivity index (χ0v) is 18.4. The topological polar surface area (TPSA) is 88.5 Å². The van der Waals surface area contributed by atoms with Crippen LogP contribution in [0.5, 0.6) is 0 Å². The van der Waals surface area contributed by atoms with Crippen LogP contribution in [0.1, 0.15) is 40.2 Å². The summed E-state index contributed by atoms with van der Waals surface area (Å²) in [4.78, 5) is 14.4. The van der Waals surface area contributed by atoms with Crippen molar-refractivity contribution >= 4 is 17.7 Å². The van der Waals surface area contributed by atoms with Gasteiger partial charge in [-0.3, -0.25) is 4.90 Å². The first-order chi connectivity index (χ1) is 13.5. The van der Waals surface area contributed by atoms with E-state index in [2.05, 4.69) is 0 Å². The maximum Gasteiger partial charge on any atom is 0.412 e. The second-order valence-corrected chi connectivity index (χ2v) is 8.96. The third-order valence-electron chi connectivity index (χ3n) is 4.66. The van der Waals surface area contributed by atoms with Crippen LogP contribution in [0.3, 0.4) is 0 Å². The molecule has 29 heavy (non-hydrogen) atoms. The number of aliphatic hydroxyl groups is 2. The number of nitrogens with zero attached hydrogens (tertiary/aromatic N) is 1. The number of rotatable bonds is 7. The molecule has 164 valence electrons. The highest BCUT2D eigenvalue weighted by atomic mass is 35.5. The van der Waals surface area contributed by atoms with Gasteiger partial charge < -0.3 is 24.4 Å². The summed E-state index contributed by atoms with van der Waals surface area (Å²) in [6.45, 7) is 9.14. The van der Waals surface area contributed by atoms with Gasteiger partial charge in [0.15, 0.2) is 0 Å². The molecule has 1 heterocycles. The number of ether oxygens (including phenoxy) is 3. The molecule has 1 aliphatic rings. The molecule has 0 unspecified atom stereocenters. The number of halogens is 1. The molecule has 0 radical (unpaired) electrons. The predicted octanol–water partition coefficient (Wildman–Crippen LogP) is 2.90. The Kier molecular flexibility index (Phi) is 7.93. The van der Waals surface area contributed by atoms with Gasteiger partial charge in [-0.25, -0.2) is 4.79 Å². The van der Waals surface area contributed by atoms with Gasteiger partial charge in [-0.15, -0.1) is 11.6 Å². The van der Waals surface area contributed by atoms with Gasteiger partial charge in [-0.2, -0.15) is 0 Å². The molecule has 1 amide bonds. The SMILES string of the molecule is CC(C)(C)OC(=O)N1[C@H]([C@H](OCc2ccccc2)[C@H](O)[C@@H](O)CCl)COC1(C)C. The fourth-order valence-corrected chi connectivity index (χ4v) is 3.44. The summed E-state index contributed by atoms with van der Waals surface area (Å²) in [7, 11) is 0. The number of aliphatic hydroxyl groups excluding tert-OH is 2. The largest absolute Gasteiger partial charge is 0.444 e. The molecular weight excluding hydrogens is 398 g/mol. The van der Waals surface area contributed by atoms with Gasteiger partial charge in [0, 0.05) is 0 Å². The van der Waals surface area contributed by atoms with Crippen LogP contribution in [0.25, 0.3) is 0 Å². The minimum Gasteiger partial charge on any atom is -0.444 e. The zero-order chi connectivity index (χ0) is 21.8. The number of hydrogen-bond donors (Lipinski definition) is 2. The highest BCUT2D eigenvalue weighted by Crippen LogP contribution is 2.33. The molecule has 0 bridgehead atoms. The second kappa shape index (κ2) is 9.62. The lowest BCUT2D eigenvalue weighted by molar-refractivity contribution is -0.122. The second-order valence-electron chi connectivity index (χ2n) is 8.65. The first-order valence-electron chi connectivity index (χ1n) is 9.70. The Labute approximate surface area is 177 Å². The molecule has 7 nitrogen and oxygen atoms in total. The first-order valence-corrected chi connectivity index (χ1v) is 10.2. The lowest BCUT2D eigenvalue weighted by Crippen LogP contribution is -2.58. The van der Waals surface area contributed by atoms with Crippen LogP contribution in [0.15, 0.2) is 30.3 Å². The van der Waals surface area contributed by atoms with E-state index in [-0.39, 0.29) is 19.1 Å². The van der Waals surface area contributed by atoms with E-state index < -0.39 is 41.8 Å². The number of alkyl halides is 1. The third-order valence-corrected chi connectivity index (χ3v) is 4.98. The maximum atomic E-state index is 12.9. The van der Waals surface area contributed by atoms with Gasteiger partial charge in [0.2, 0.25) is 0 Å². The van der Waals surface area contributed by atoms with Gasteiger partial charge in [0.25, 0.3) is 0 Å². The highest BCUT2D eigenvalue weighted by molar-refractivity contribution is 6.18. The van der Waals surface area contributed by atoms with Crippen LogP contribution in [0.2, 0.25) is 0 Å². The van der Waals surface area contributed by atoms with Crippen molar-refractivity contribution < 1.29 is 29.2 Å². The van der Waals surface area contributed by atoms with Gasteiger partial charge in [0.1, 0.15) is 23.5 Å². The number of carbonyl (C=O) groups excluding carboxylic acids is 1. The van der Waals surface area contributed by atoms with Crippen LogP contribution in [0.4, 0.5) is 4.79 Å². The molecule has 0 aliphatic carbocycles. The van der Waals surface area contributed by atoms with E-state index in [0.717, 1.165) is 5.56 Å². The smallest absolute Gasteiger partial charge is 0.412 e. The average Bonchev–Trinajstić information content (AvgIpc) is 2.95. The standard InChI is InChI=1S/C21H32ClNO6/c1-20(2,3)29-19(26)23-15(13-28-21(23,4)5)18(17(25)16(24)11-22)27-12-14-9-7-6-8-10-14/h6-10,15-18,24-25H,11-13H2,1-5H3/t15-,16-,17+,18-/m0/s1. The molecule has 2 rings (SSSR count). The summed E-state index contributed by atoms with van der Waals surface area (Å²) in [6.07, 6.45) is -4.05. The summed E-state index contributed by atoms with van der Waals surface area (Å²) < 4.78 is 17.4. The first kappa shape index (κ1) is 23.9. The Morgan fingerprint density at radius 2 is 1.93 bits per heavy atom. The molecule has 1 aromatic rings. The monoisotopic (exact) mass is 429 g/mol. The molecule has 2 N–H and O–H groups in total. The summed E-state index contributed by atoms with van der Waals surface area (Å²) in [5, 5.41) is 20.9. The highest BCUT2D eigenvalue weighted by Gasteiger charge is 2.51. The molecule has 4 atom stereocenters. The summed E-state index contributed by atoms with van der Waals surface area (Å²) in [5.74, 6) is -0.171. The number of hydrogen-bond acceptors (Lipinski definition) is 6. The van der Waals surface area contributed by atoms with Crippen molar-refractivity contribution in [2.24, 2.45) is 0 Å². The van der Waals surface area contributed by atoms with E-state index in [1.54, 1.807) is 34.6 Å². The summed E-state index contributed by atoms with van der Waals surface area (Å²) in [6, 6.07) is 8.77. The Balaban J connectivity index is 2.29. The minimum atomic E-state index is -1.32. The van der Waals surface area contributed by atoms with E-state index >= 15 is 0 Å². The lowest BCUT2D eigenvalue weighted by atomic mass is 10.00. The molecule has 8 heteroatoms. The van der Waals surface area contributed by atoms with Gasteiger partial charge >= 0.3 is 6.09 Å². The zero-order valence-electron chi connectivity index (χ0n) is 17.7. The molecule has 1 aromatic carbocycles. The third kappa shape index (κ3) is 6.30. The maximum absolute atomic E-state index is 12.9. The van der Waals surface area contributed by atoms with E-state index in [1.165, 1.54) is 4.90 Å². The van der Waals surface area contributed by atoms with Gasteiger partial charge in [-0.1, -0.05) is 30.3 Å². The van der Waals surface area contributed by atoms with E-state index in [9.17, 15) is 15.0 Å². The van der Waals surface area contributed by atoms with Crippen molar-refractivity contribution in [1.82, 2.24) is 4.90 Å². The van der Waals surface area contributed by atoms with Gasteiger partial charge in [0.05, 0.1) is 31.2 Å². The number of benzene rings is 1. The Morgan fingerprint density at radius 3 is 2.48 bits per heavy atom. The Morgan fingerprint density at radius 1 is 1.31 bits per heavy atom. The molecule has 0 saturated carbocycles. The average molecular weight is 430 g/mol. The van der Waals surface area contributed by atoms with E-state index in [4.69, 9.17) is 25.8 Å². The Bertz CT molecular complexity index is 663. The molecular formula is C21H32ClNO6. The summed E-state index contributed by atoms with van der Waals surface area (Å²) in [5.41, 5.74) is -0.769. The van der Waals surface area contributed by atoms with E-state index in [1.807, 2.05) is 30.3 Å². The van der Waals surface area contributed by atoms with Crippen molar-refractivity contribution in [3.05, 3.63) is 35.9 Å². The number of carbonyl (C=O) groups is 1. The number of amides is 1. The fourth-order valence-electron chi connectivity index (χ4n) is 3.26. The van der Waals surface area contributed by atoms with E-state index in [0.29, 0.717) is 0 Å². The normalized spacial score (nSPS) is 22.2. The fraction of sp³-hybridized carbons (Fsp3) is 0.667.